The number of fused-ring (bicyclic) bond motifs is 1. The van der Waals surface area contributed by atoms with E-state index in [9.17, 15) is 9.59 Å². The van der Waals surface area contributed by atoms with Crippen LogP contribution in [0.15, 0.2) is 35.3 Å². The van der Waals surface area contributed by atoms with Gasteiger partial charge in [0.2, 0.25) is 0 Å². The highest BCUT2D eigenvalue weighted by Gasteiger charge is 2.21. The van der Waals surface area contributed by atoms with Gasteiger partial charge in [0.05, 0.1) is 12.2 Å². The van der Waals surface area contributed by atoms with Crippen molar-refractivity contribution in [2.45, 2.75) is 38.1 Å². The molecule has 0 bridgehead atoms. The van der Waals surface area contributed by atoms with E-state index >= 15 is 0 Å². The molecule has 2 aliphatic heterocycles. The van der Waals surface area contributed by atoms with Crippen LogP contribution in [-0.2, 0) is 17.7 Å². The van der Waals surface area contributed by atoms with Crippen molar-refractivity contribution in [1.82, 2.24) is 9.55 Å². The molecule has 0 saturated carbocycles. The number of amides is 1. The number of aromatic nitrogens is 2. The lowest BCUT2D eigenvalue weighted by atomic mass is 9.99. The minimum absolute atomic E-state index is 0.0346. The molecule has 2 aromatic rings. The zero-order valence-corrected chi connectivity index (χ0v) is 14.0. The third-order valence-electron chi connectivity index (χ3n) is 5.01. The molecular weight excluding hydrogens is 318 g/mol. The van der Waals surface area contributed by atoms with Gasteiger partial charge in [-0.3, -0.25) is 9.59 Å². The van der Waals surface area contributed by atoms with Crippen molar-refractivity contribution in [2.75, 3.05) is 18.5 Å². The zero-order valence-electron chi connectivity index (χ0n) is 14.0. The Bertz CT molecular complexity index is 853. The van der Waals surface area contributed by atoms with E-state index in [2.05, 4.69) is 10.3 Å². The average Bonchev–Trinajstić information content (AvgIpc) is 3.17. The summed E-state index contributed by atoms with van der Waals surface area (Å²) in [5.74, 6) is 0.690. The summed E-state index contributed by atoms with van der Waals surface area (Å²) in [5, 5.41) is 2.89. The van der Waals surface area contributed by atoms with Crippen LogP contribution in [0.25, 0.3) is 0 Å². The Hall–Kier alpha value is -2.47. The second-order valence-electron chi connectivity index (χ2n) is 6.63. The minimum atomic E-state index is -0.210. The molecule has 1 amide bonds. The number of anilines is 1. The predicted molar refractivity (Wildman–Crippen MR) is 94.0 cm³/mol. The Morgan fingerprint density at radius 1 is 1.28 bits per heavy atom. The average molecular weight is 339 g/mol. The van der Waals surface area contributed by atoms with Gasteiger partial charge in [-0.15, -0.1) is 0 Å². The molecule has 4 heterocycles. The van der Waals surface area contributed by atoms with Gasteiger partial charge in [0.1, 0.15) is 5.82 Å². The summed E-state index contributed by atoms with van der Waals surface area (Å²) >= 11 is 0. The molecular formula is C19H21N3O3. The van der Waals surface area contributed by atoms with E-state index in [1.165, 1.54) is 6.07 Å². The van der Waals surface area contributed by atoms with E-state index in [0.29, 0.717) is 30.5 Å². The summed E-state index contributed by atoms with van der Waals surface area (Å²) < 4.78 is 7.16. The van der Waals surface area contributed by atoms with E-state index in [4.69, 9.17) is 4.74 Å². The molecule has 2 aromatic heterocycles. The van der Waals surface area contributed by atoms with E-state index < -0.39 is 0 Å². The number of carbonyl (C=O) groups is 1. The molecule has 0 aliphatic carbocycles. The quantitative estimate of drug-likeness (QED) is 0.931. The molecule has 1 unspecified atom stereocenters. The van der Waals surface area contributed by atoms with Gasteiger partial charge in [-0.05, 0) is 49.4 Å². The minimum Gasteiger partial charge on any atom is -0.381 e. The van der Waals surface area contributed by atoms with Crippen LogP contribution in [0.1, 0.15) is 46.8 Å². The highest BCUT2D eigenvalue weighted by atomic mass is 16.5. The van der Waals surface area contributed by atoms with Crippen molar-refractivity contribution < 1.29 is 9.53 Å². The Labute approximate surface area is 145 Å². The van der Waals surface area contributed by atoms with E-state index in [-0.39, 0.29) is 11.5 Å². The lowest BCUT2D eigenvalue weighted by Crippen LogP contribution is -2.30. The van der Waals surface area contributed by atoms with Gasteiger partial charge in [0.25, 0.3) is 11.5 Å². The molecule has 6 nitrogen and oxygen atoms in total. The summed E-state index contributed by atoms with van der Waals surface area (Å²) in [7, 11) is 0. The Morgan fingerprint density at radius 3 is 3.04 bits per heavy atom. The molecule has 1 N–H and O–H groups in total. The highest BCUT2D eigenvalue weighted by molar-refractivity contribution is 6.04. The number of nitrogens with one attached hydrogen (secondary N) is 1. The van der Waals surface area contributed by atoms with Gasteiger partial charge in [-0.25, -0.2) is 4.98 Å². The lowest BCUT2D eigenvalue weighted by molar-refractivity contribution is 0.102. The Kier molecular flexibility index (Phi) is 4.36. The van der Waals surface area contributed by atoms with E-state index in [0.717, 1.165) is 43.5 Å². The molecule has 4 rings (SSSR count). The molecule has 130 valence electrons. The molecule has 0 radical (unpaired) electrons. The topological polar surface area (TPSA) is 73.2 Å². The predicted octanol–water partition coefficient (Wildman–Crippen LogP) is 2.34. The molecule has 1 fully saturated rings. The van der Waals surface area contributed by atoms with Gasteiger partial charge in [0, 0.05) is 37.0 Å². The first kappa shape index (κ1) is 16.0. The van der Waals surface area contributed by atoms with Crippen LogP contribution in [-0.4, -0.2) is 28.7 Å². The van der Waals surface area contributed by atoms with Gasteiger partial charge in [-0.1, -0.05) is 0 Å². The first-order valence-electron chi connectivity index (χ1n) is 8.80. The third kappa shape index (κ3) is 3.22. The molecule has 1 atom stereocenters. The maximum Gasteiger partial charge on any atom is 0.258 e. The van der Waals surface area contributed by atoms with E-state index in [1.807, 2.05) is 12.1 Å². The number of nitrogens with zero attached hydrogens (tertiary/aromatic N) is 2. The normalized spacial score (nSPS) is 19.4. The highest BCUT2D eigenvalue weighted by Crippen LogP contribution is 2.26. The van der Waals surface area contributed by atoms with E-state index in [1.54, 1.807) is 16.8 Å². The number of ether oxygens (including phenoxy) is 1. The van der Waals surface area contributed by atoms with Crippen LogP contribution in [0.4, 0.5) is 5.82 Å². The summed E-state index contributed by atoms with van der Waals surface area (Å²) in [6, 6.07) is 6.99. The van der Waals surface area contributed by atoms with Gasteiger partial charge >= 0.3 is 0 Å². The van der Waals surface area contributed by atoms with Crippen LogP contribution in [0.5, 0.6) is 0 Å². The summed E-state index contributed by atoms with van der Waals surface area (Å²) in [4.78, 5) is 29.0. The zero-order chi connectivity index (χ0) is 17.2. The first-order valence-corrected chi connectivity index (χ1v) is 8.80. The largest absolute Gasteiger partial charge is 0.381 e. The molecule has 0 aromatic carbocycles. The number of hydrogen-bond donors (Lipinski definition) is 1. The fourth-order valence-corrected chi connectivity index (χ4v) is 3.65. The van der Waals surface area contributed by atoms with Crippen LogP contribution in [0.2, 0.25) is 0 Å². The summed E-state index contributed by atoms with van der Waals surface area (Å²) in [6.45, 7) is 2.18. The van der Waals surface area contributed by atoms with Crippen LogP contribution in [0, 0.1) is 0 Å². The van der Waals surface area contributed by atoms with Crippen LogP contribution < -0.4 is 10.9 Å². The van der Waals surface area contributed by atoms with Gasteiger partial charge < -0.3 is 14.6 Å². The SMILES string of the molecule is O=C(Nc1cc(C2CCOC2)ccn1)c1ccc(=O)n2c1CCCC2. The van der Waals surface area contributed by atoms with Crippen molar-refractivity contribution in [1.29, 1.82) is 0 Å². The van der Waals surface area contributed by atoms with Crippen LogP contribution in [0.3, 0.4) is 0 Å². The molecule has 25 heavy (non-hydrogen) atoms. The second kappa shape index (κ2) is 6.80. The molecule has 2 aliphatic rings. The number of carbonyl (C=O) groups excluding carboxylic acids is 1. The molecule has 6 heteroatoms. The number of hydrogen-bond acceptors (Lipinski definition) is 4. The van der Waals surface area contributed by atoms with Crippen molar-refractivity contribution >= 4 is 11.7 Å². The maximum absolute atomic E-state index is 12.7. The van der Waals surface area contributed by atoms with Crippen molar-refractivity contribution in [3.63, 3.8) is 0 Å². The smallest absolute Gasteiger partial charge is 0.258 e. The number of pyridine rings is 2. The lowest BCUT2D eigenvalue weighted by Gasteiger charge is -2.20. The monoisotopic (exact) mass is 339 g/mol. The van der Waals surface area contributed by atoms with Gasteiger partial charge in [-0.2, -0.15) is 0 Å². The number of rotatable bonds is 3. The maximum atomic E-state index is 12.7. The van der Waals surface area contributed by atoms with Crippen molar-refractivity contribution in [3.05, 3.63) is 57.6 Å². The fraction of sp³-hybridized carbons (Fsp3) is 0.421. The van der Waals surface area contributed by atoms with Crippen molar-refractivity contribution in [2.24, 2.45) is 0 Å². The Balaban J connectivity index is 1.58. The molecule has 1 saturated heterocycles. The second-order valence-corrected chi connectivity index (χ2v) is 6.63. The van der Waals surface area contributed by atoms with Crippen molar-refractivity contribution in [3.8, 4) is 0 Å². The third-order valence-corrected chi connectivity index (χ3v) is 5.01. The summed E-state index contributed by atoms with van der Waals surface area (Å²) in [5.41, 5.74) is 2.49. The van der Waals surface area contributed by atoms with Crippen LogP contribution >= 0.6 is 0 Å². The molecule has 0 spiro atoms. The Morgan fingerprint density at radius 2 is 2.20 bits per heavy atom. The first-order chi connectivity index (χ1) is 12.2. The summed E-state index contributed by atoms with van der Waals surface area (Å²) in [6.07, 6.45) is 5.44. The fourth-order valence-electron chi connectivity index (χ4n) is 3.65. The van der Waals surface area contributed by atoms with Gasteiger partial charge in [0.15, 0.2) is 0 Å². The standard InChI is InChI=1S/C19H21N3O3/c23-18-5-4-15(16-3-1-2-9-22(16)18)19(24)21-17-11-13(6-8-20-17)14-7-10-25-12-14/h4-6,8,11,14H,1-3,7,9-10,12H2,(H,20,21,24).